The van der Waals surface area contributed by atoms with Gasteiger partial charge < -0.3 is 15.5 Å². The third-order valence-electron chi connectivity index (χ3n) is 3.95. The average Bonchev–Trinajstić information content (AvgIpc) is 2.79. The second-order valence-electron chi connectivity index (χ2n) is 5.53. The Morgan fingerprint density at radius 2 is 2.16 bits per heavy atom. The summed E-state index contributed by atoms with van der Waals surface area (Å²) in [6, 6.07) is 1.72. The predicted molar refractivity (Wildman–Crippen MR) is 78.1 cm³/mol. The van der Waals surface area contributed by atoms with Crippen molar-refractivity contribution in [2.24, 2.45) is 11.7 Å². The van der Waals surface area contributed by atoms with Crippen molar-refractivity contribution in [3.63, 3.8) is 0 Å². The van der Waals surface area contributed by atoms with Gasteiger partial charge in [0.25, 0.3) is 5.91 Å². The van der Waals surface area contributed by atoms with Crippen LogP contribution in [-0.2, 0) is 0 Å². The summed E-state index contributed by atoms with van der Waals surface area (Å²) in [6.45, 7) is 4.02. The van der Waals surface area contributed by atoms with E-state index >= 15 is 0 Å². The minimum Gasteiger partial charge on any atom is -0.469 e. The SMILES string of the molecule is Cc1cc(C(=O)NC2(C(N)=S)CCC(C)CC2)co1. The number of carbonyl (C=O) groups excluding carboxylic acids is 1. The van der Waals surface area contributed by atoms with Crippen molar-refractivity contribution in [2.75, 3.05) is 0 Å². The molecule has 1 amide bonds. The molecule has 3 N–H and O–H groups in total. The number of nitrogens with one attached hydrogen (secondary N) is 1. The standard InChI is InChI=1S/C14H20N2O2S/c1-9-3-5-14(6-4-9,13(15)19)16-12(17)11-7-10(2)18-8-11/h7-9H,3-6H2,1-2H3,(H2,15,19)(H,16,17). The molecule has 2 rings (SSSR count). The van der Waals surface area contributed by atoms with E-state index in [1.54, 1.807) is 6.07 Å². The lowest BCUT2D eigenvalue weighted by Gasteiger charge is -2.39. The number of hydrogen-bond acceptors (Lipinski definition) is 3. The molecule has 0 spiro atoms. The number of thiocarbonyl (C=S) groups is 1. The third-order valence-corrected chi connectivity index (χ3v) is 4.34. The minimum absolute atomic E-state index is 0.167. The second kappa shape index (κ2) is 5.33. The van der Waals surface area contributed by atoms with Crippen molar-refractivity contribution in [3.05, 3.63) is 23.7 Å². The first kappa shape index (κ1) is 14.1. The molecule has 19 heavy (non-hydrogen) atoms. The summed E-state index contributed by atoms with van der Waals surface area (Å²) >= 11 is 5.18. The summed E-state index contributed by atoms with van der Waals surface area (Å²) in [5.41, 5.74) is 5.86. The number of furan rings is 1. The van der Waals surface area contributed by atoms with Gasteiger partial charge in [-0.05, 0) is 44.6 Å². The molecule has 0 saturated heterocycles. The fourth-order valence-electron chi connectivity index (χ4n) is 2.54. The van der Waals surface area contributed by atoms with Gasteiger partial charge in [-0.2, -0.15) is 0 Å². The van der Waals surface area contributed by atoms with E-state index < -0.39 is 5.54 Å². The van der Waals surface area contributed by atoms with Gasteiger partial charge in [0.1, 0.15) is 12.0 Å². The van der Waals surface area contributed by atoms with Gasteiger partial charge in [-0.3, -0.25) is 4.79 Å². The average molecular weight is 280 g/mol. The van der Waals surface area contributed by atoms with E-state index in [1.165, 1.54) is 6.26 Å². The highest BCUT2D eigenvalue weighted by Crippen LogP contribution is 2.32. The molecule has 1 fully saturated rings. The van der Waals surface area contributed by atoms with E-state index in [1.807, 2.05) is 6.92 Å². The van der Waals surface area contributed by atoms with Crippen molar-refractivity contribution in [3.8, 4) is 0 Å². The van der Waals surface area contributed by atoms with Crippen LogP contribution in [0.3, 0.4) is 0 Å². The van der Waals surface area contributed by atoms with Crippen LogP contribution in [0.5, 0.6) is 0 Å². The van der Waals surface area contributed by atoms with Crippen LogP contribution in [0.1, 0.15) is 48.7 Å². The Kier molecular flexibility index (Phi) is 3.94. The molecular formula is C14H20N2O2S. The van der Waals surface area contributed by atoms with Crippen LogP contribution in [0.2, 0.25) is 0 Å². The monoisotopic (exact) mass is 280 g/mol. The Morgan fingerprint density at radius 3 is 2.63 bits per heavy atom. The molecule has 0 atom stereocenters. The van der Waals surface area contributed by atoms with Crippen LogP contribution in [0.25, 0.3) is 0 Å². The summed E-state index contributed by atoms with van der Waals surface area (Å²) in [5, 5.41) is 3.02. The molecule has 1 aromatic heterocycles. The smallest absolute Gasteiger partial charge is 0.255 e. The molecule has 1 saturated carbocycles. The fourth-order valence-corrected chi connectivity index (χ4v) is 2.80. The summed E-state index contributed by atoms with van der Waals surface area (Å²) in [6.07, 6.45) is 5.14. The quantitative estimate of drug-likeness (QED) is 0.835. The van der Waals surface area contributed by atoms with Gasteiger partial charge in [-0.15, -0.1) is 0 Å². The lowest BCUT2D eigenvalue weighted by Crippen LogP contribution is -2.58. The van der Waals surface area contributed by atoms with Crippen LogP contribution in [0, 0.1) is 12.8 Å². The Bertz CT molecular complexity index is 487. The highest BCUT2D eigenvalue weighted by molar-refractivity contribution is 7.80. The summed E-state index contributed by atoms with van der Waals surface area (Å²) < 4.78 is 5.16. The van der Waals surface area contributed by atoms with Crippen molar-refractivity contribution >= 4 is 23.1 Å². The summed E-state index contributed by atoms with van der Waals surface area (Å²) in [4.78, 5) is 12.6. The van der Waals surface area contributed by atoms with Crippen LogP contribution in [-0.4, -0.2) is 16.4 Å². The maximum Gasteiger partial charge on any atom is 0.255 e. The van der Waals surface area contributed by atoms with Gasteiger partial charge in [0.15, 0.2) is 0 Å². The van der Waals surface area contributed by atoms with E-state index in [4.69, 9.17) is 22.4 Å². The number of hydrogen-bond donors (Lipinski definition) is 2. The van der Waals surface area contributed by atoms with Gasteiger partial charge >= 0.3 is 0 Å². The Labute approximate surface area is 118 Å². The van der Waals surface area contributed by atoms with E-state index in [0.717, 1.165) is 25.7 Å². The van der Waals surface area contributed by atoms with Crippen molar-refractivity contribution in [2.45, 2.75) is 45.1 Å². The number of carbonyl (C=O) groups is 1. The van der Waals surface area contributed by atoms with E-state index in [-0.39, 0.29) is 5.91 Å². The molecule has 1 aliphatic carbocycles. The molecule has 0 aromatic carbocycles. The van der Waals surface area contributed by atoms with Crippen LogP contribution in [0.15, 0.2) is 16.7 Å². The number of nitrogens with two attached hydrogens (primary N) is 1. The first-order chi connectivity index (χ1) is 8.93. The van der Waals surface area contributed by atoms with Gasteiger partial charge in [-0.25, -0.2) is 0 Å². The number of aryl methyl sites for hydroxylation is 1. The van der Waals surface area contributed by atoms with Crippen LogP contribution in [0.4, 0.5) is 0 Å². The third kappa shape index (κ3) is 2.97. The molecule has 1 heterocycles. The molecule has 1 aliphatic rings. The number of amides is 1. The summed E-state index contributed by atoms with van der Waals surface area (Å²) in [7, 11) is 0. The lowest BCUT2D eigenvalue weighted by atomic mass is 9.77. The zero-order valence-corrected chi connectivity index (χ0v) is 12.2. The van der Waals surface area contributed by atoms with Crippen LogP contribution >= 0.6 is 12.2 Å². The van der Waals surface area contributed by atoms with Gasteiger partial charge in [0.05, 0.1) is 16.1 Å². The fraction of sp³-hybridized carbons (Fsp3) is 0.571. The van der Waals surface area contributed by atoms with Crippen molar-refractivity contribution in [1.29, 1.82) is 0 Å². The Hall–Kier alpha value is -1.36. The Balaban J connectivity index is 2.13. The first-order valence-corrected chi connectivity index (χ1v) is 7.01. The van der Waals surface area contributed by atoms with Crippen molar-refractivity contribution in [1.82, 2.24) is 5.32 Å². The maximum absolute atomic E-state index is 12.2. The zero-order chi connectivity index (χ0) is 14.0. The van der Waals surface area contributed by atoms with Crippen LogP contribution < -0.4 is 11.1 Å². The van der Waals surface area contributed by atoms with E-state index in [0.29, 0.717) is 22.2 Å². The molecule has 0 unspecified atom stereocenters. The lowest BCUT2D eigenvalue weighted by molar-refractivity contribution is 0.0900. The maximum atomic E-state index is 12.2. The Morgan fingerprint density at radius 1 is 1.53 bits per heavy atom. The minimum atomic E-state index is -0.538. The molecular weight excluding hydrogens is 260 g/mol. The molecule has 0 bridgehead atoms. The predicted octanol–water partition coefficient (Wildman–Crippen LogP) is 2.55. The topological polar surface area (TPSA) is 68.3 Å². The van der Waals surface area contributed by atoms with Crippen molar-refractivity contribution < 1.29 is 9.21 Å². The largest absolute Gasteiger partial charge is 0.469 e. The van der Waals surface area contributed by atoms with Gasteiger partial charge in [0.2, 0.25) is 0 Å². The number of rotatable bonds is 3. The molecule has 5 heteroatoms. The second-order valence-corrected chi connectivity index (χ2v) is 5.97. The highest BCUT2D eigenvalue weighted by Gasteiger charge is 2.38. The molecule has 104 valence electrons. The highest BCUT2D eigenvalue weighted by atomic mass is 32.1. The molecule has 0 aliphatic heterocycles. The van der Waals surface area contributed by atoms with Gasteiger partial charge in [0, 0.05) is 0 Å². The van der Waals surface area contributed by atoms with E-state index in [2.05, 4.69) is 12.2 Å². The van der Waals surface area contributed by atoms with E-state index in [9.17, 15) is 4.79 Å². The first-order valence-electron chi connectivity index (χ1n) is 6.60. The normalized spacial score (nSPS) is 26.9. The molecule has 4 nitrogen and oxygen atoms in total. The molecule has 0 radical (unpaired) electrons. The molecule has 1 aromatic rings. The van der Waals surface area contributed by atoms with Gasteiger partial charge in [-0.1, -0.05) is 19.1 Å². The summed E-state index contributed by atoms with van der Waals surface area (Å²) in [5.74, 6) is 1.21. The zero-order valence-electron chi connectivity index (χ0n) is 11.4.